The van der Waals surface area contributed by atoms with Gasteiger partial charge in [0.05, 0.1) is 23.5 Å². The number of nitrogens with one attached hydrogen (secondary N) is 1. The number of anilines is 1. The molecule has 1 aliphatic rings. The van der Waals surface area contributed by atoms with Crippen LogP contribution >= 0.6 is 0 Å². The van der Waals surface area contributed by atoms with E-state index in [9.17, 15) is 9.59 Å². The Morgan fingerprint density at radius 1 is 1.10 bits per heavy atom. The number of benzene rings is 2. The molecule has 4 rings (SSSR count). The molecule has 0 spiro atoms. The zero-order chi connectivity index (χ0) is 20.2. The quantitative estimate of drug-likeness (QED) is 0.742. The van der Waals surface area contributed by atoms with Gasteiger partial charge in [0.15, 0.2) is 0 Å². The maximum Gasteiger partial charge on any atom is 0.256 e. The van der Waals surface area contributed by atoms with Crippen molar-refractivity contribution >= 4 is 17.5 Å². The molecule has 1 aromatic heterocycles. The molecule has 29 heavy (non-hydrogen) atoms. The summed E-state index contributed by atoms with van der Waals surface area (Å²) < 4.78 is 1.83. The third kappa shape index (κ3) is 4.21. The van der Waals surface area contributed by atoms with Gasteiger partial charge in [-0.2, -0.15) is 0 Å². The number of likely N-dealkylation sites (tertiary alicyclic amines) is 1. The van der Waals surface area contributed by atoms with Gasteiger partial charge in [-0.15, -0.1) is 0 Å². The van der Waals surface area contributed by atoms with Gasteiger partial charge in [0.1, 0.15) is 0 Å². The van der Waals surface area contributed by atoms with Crippen LogP contribution in [0.4, 0.5) is 5.69 Å². The highest BCUT2D eigenvalue weighted by molar-refractivity contribution is 5.99. The van der Waals surface area contributed by atoms with Crippen LogP contribution in [0.5, 0.6) is 0 Å². The molecule has 0 radical (unpaired) electrons. The lowest BCUT2D eigenvalue weighted by atomic mass is 9.96. The Balaban J connectivity index is 1.48. The summed E-state index contributed by atoms with van der Waals surface area (Å²) >= 11 is 0. The molecule has 2 heterocycles. The van der Waals surface area contributed by atoms with Crippen LogP contribution in [0.2, 0.25) is 0 Å². The number of carbonyl (C=O) groups excluding carboxylic acids is 2. The second kappa shape index (κ2) is 8.31. The molecular weight excluding hydrogens is 364 g/mol. The Morgan fingerprint density at radius 3 is 2.66 bits per heavy atom. The fraction of sp³-hybridized carbons (Fsp3) is 0.261. The van der Waals surface area contributed by atoms with Crippen molar-refractivity contribution in [2.24, 2.45) is 5.92 Å². The molecular formula is C23H24N4O2. The van der Waals surface area contributed by atoms with Crippen molar-refractivity contribution in [2.75, 3.05) is 18.4 Å². The van der Waals surface area contributed by atoms with Crippen LogP contribution in [0.3, 0.4) is 0 Å². The first-order chi connectivity index (χ1) is 14.1. The minimum atomic E-state index is -0.214. The normalized spacial score (nSPS) is 16.4. The number of aryl methyl sites for hydroxylation is 1. The lowest BCUT2D eigenvalue weighted by molar-refractivity contribution is -0.121. The Labute approximate surface area is 170 Å². The third-order valence-corrected chi connectivity index (χ3v) is 5.32. The smallest absolute Gasteiger partial charge is 0.256 e. The molecule has 0 aliphatic carbocycles. The van der Waals surface area contributed by atoms with E-state index in [0.717, 1.165) is 29.8 Å². The van der Waals surface area contributed by atoms with Crippen molar-refractivity contribution in [3.05, 3.63) is 78.4 Å². The molecule has 148 valence electrons. The van der Waals surface area contributed by atoms with E-state index in [-0.39, 0.29) is 17.7 Å². The number of amides is 2. The van der Waals surface area contributed by atoms with Gasteiger partial charge >= 0.3 is 0 Å². The van der Waals surface area contributed by atoms with Crippen LogP contribution in [0, 0.1) is 12.8 Å². The van der Waals surface area contributed by atoms with Crippen LogP contribution in [0.15, 0.2) is 67.3 Å². The number of aromatic nitrogens is 2. The molecule has 1 N–H and O–H groups in total. The van der Waals surface area contributed by atoms with E-state index in [2.05, 4.69) is 10.3 Å². The van der Waals surface area contributed by atoms with E-state index in [4.69, 9.17) is 0 Å². The lowest BCUT2D eigenvalue weighted by Gasteiger charge is -2.32. The van der Waals surface area contributed by atoms with Crippen molar-refractivity contribution < 1.29 is 9.59 Å². The predicted octanol–water partition coefficient (Wildman–Crippen LogP) is 3.67. The number of para-hydroxylation sites is 1. The average Bonchev–Trinajstić information content (AvgIpc) is 3.30. The van der Waals surface area contributed by atoms with Crippen molar-refractivity contribution in [1.82, 2.24) is 14.5 Å². The average molecular weight is 388 g/mol. The first kappa shape index (κ1) is 18.9. The molecule has 1 unspecified atom stereocenters. The van der Waals surface area contributed by atoms with Gasteiger partial charge in [-0.1, -0.05) is 29.8 Å². The van der Waals surface area contributed by atoms with Crippen LogP contribution in [-0.2, 0) is 4.79 Å². The summed E-state index contributed by atoms with van der Waals surface area (Å²) in [5, 5.41) is 2.98. The van der Waals surface area contributed by atoms with Crippen molar-refractivity contribution in [2.45, 2.75) is 19.8 Å². The molecule has 1 fully saturated rings. The molecule has 3 aromatic rings. The highest BCUT2D eigenvalue weighted by atomic mass is 16.2. The number of rotatable bonds is 4. The summed E-state index contributed by atoms with van der Waals surface area (Å²) in [6.45, 7) is 3.10. The molecule has 1 aliphatic heterocycles. The van der Waals surface area contributed by atoms with Gasteiger partial charge in [0.25, 0.3) is 5.91 Å². The van der Waals surface area contributed by atoms with E-state index in [1.54, 1.807) is 17.4 Å². The highest BCUT2D eigenvalue weighted by Crippen LogP contribution is 2.23. The summed E-state index contributed by atoms with van der Waals surface area (Å²) in [4.78, 5) is 31.9. The zero-order valence-corrected chi connectivity index (χ0v) is 16.4. The molecule has 0 saturated carbocycles. The first-order valence-electron chi connectivity index (χ1n) is 9.86. The summed E-state index contributed by atoms with van der Waals surface area (Å²) in [6.07, 6.45) is 6.78. The van der Waals surface area contributed by atoms with Crippen molar-refractivity contribution in [3.63, 3.8) is 0 Å². The van der Waals surface area contributed by atoms with Gasteiger partial charge in [0, 0.05) is 31.2 Å². The van der Waals surface area contributed by atoms with Crippen LogP contribution in [-0.4, -0.2) is 39.4 Å². The van der Waals surface area contributed by atoms with E-state index in [1.165, 1.54) is 0 Å². The molecule has 2 amide bonds. The number of imidazole rings is 1. The number of hydrogen-bond donors (Lipinski definition) is 1. The Hall–Kier alpha value is -3.41. The fourth-order valence-corrected chi connectivity index (χ4v) is 3.71. The topological polar surface area (TPSA) is 67.2 Å². The standard InChI is InChI=1S/C23H24N4O2/c1-17-8-10-19(11-9-17)25-22(28)18-5-4-13-26(15-18)23(29)20-6-2-3-7-21(20)27-14-12-24-16-27/h2-3,6-12,14,16,18H,4-5,13,15H2,1H3,(H,25,28). The number of piperidine rings is 1. The van der Waals surface area contributed by atoms with E-state index in [0.29, 0.717) is 18.7 Å². The van der Waals surface area contributed by atoms with Gasteiger partial charge in [-0.25, -0.2) is 4.98 Å². The van der Waals surface area contributed by atoms with Crippen LogP contribution in [0.25, 0.3) is 5.69 Å². The van der Waals surface area contributed by atoms with E-state index < -0.39 is 0 Å². The third-order valence-electron chi connectivity index (χ3n) is 5.32. The number of carbonyl (C=O) groups is 2. The second-order valence-corrected chi connectivity index (χ2v) is 7.43. The van der Waals surface area contributed by atoms with Gasteiger partial charge in [0.2, 0.25) is 5.91 Å². The van der Waals surface area contributed by atoms with Gasteiger partial charge < -0.3 is 14.8 Å². The summed E-state index contributed by atoms with van der Waals surface area (Å²) in [6, 6.07) is 15.2. The molecule has 6 nitrogen and oxygen atoms in total. The Bertz CT molecular complexity index is 996. The molecule has 1 atom stereocenters. The monoisotopic (exact) mass is 388 g/mol. The molecule has 0 bridgehead atoms. The summed E-state index contributed by atoms with van der Waals surface area (Å²) in [5.41, 5.74) is 3.34. The maximum absolute atomic E-state index is 13.2. The predicted molar refractivity (Wildman–Crippen MR) is 112 cm³/mol. The molecule has 1 saturated heterocycles. The lowest BCUT2D eigenvalue weighted by Crippen LogP contribution is -2.44. The van der Waals surface area contributed by atoms with Crippen molar-refractivity contribution in [3.8, 4) is 5.69 Å². The van der Waals surface area contributed by atoms with Crippen LogP contribution in [0.1, 0.15) is 28.8 Å². The van der Waals surface area contributed by atoms with Crippen molar-refractivity contribution in [1.29, 1.82) is 0 Å². The second-order valence-electron chi connectivity index (χ2n) is 7.43. The van der Waals surface area contributed by atoms with E-state index in [1.807, 2.05) is 66.2 Å². The highest BCUT2D eigenvalue weighted by Gasteiger charge is 2.30. The zero-order valence-electron chi connectivity index (χ0n) is 16.4. The first-order valence-corrected chi connectivity index (χ1v) is 9.86. The minimum absolute atomic E-state index is 0.0331. The van der Waals surface area contributed by atoms with Crippen LogP contribution < -0.4 is 5.32 Å². The minimum Gasteiger partial charge on any atom is -0.338 e. The summed E-state index contributed by atoms with van der Waals surface area (Å²) in [7, 11) is 0. The van der Waals surface area contributed by atoms with Gasteiger partial charge in [-0.3, -0.25) is 9.59 Å². The fourth-order valence-electron chi connectivity index (χ4n) is 3.71. The van der Waals surface area contributed by atoms with Gasteiger partial charge in [-0.05, 0) is 44.0 Å². The largest absolute Gasteiger partial charge is 0.338 e. The molecule has 2 aromatic carbocycles. The SMILES string of the molecule is Cc1ccc(NC(=O)C2CCCN(C(=O)c3ccccc3-n3ccnc3)C2)cc1. The molecule has 6 heteroatoms. The summed E-state index contributed by atoms with van der Waals surface area (Å²) in [5.74, 6) is -0.300. The Morgan fingerprint density at radius 2 is 1.90 bits per heavy atom. The maximum atomic E-state index is 13.2. The van der Waals surface area contributed by atoms with E-state index >= 15 is 0 Å². The number of nitrogens with zero attached hydrogens (tertiary/aromatic N) is 3. The Kier molecular flexibility index (Phi) is 5.42. The number of hydrogen-bond acceptors (Lipinski definition) is 3.